The van der Waals surface area contributed by atoms with Crippen molar-refractivity contribution in [2.45, 2.75) is 52.0 Å². The summed E-state index contributed by atoms with van der Waals surface area (Å²) in [5.41, 5.74) is 2.26. The first-order valence-electron chi connectivity index (χ1n) is 8.97. The number of hydrogen-bond donors (Lipinski definition) is 0. The summed E-state index contributed by atoms with van der Waals surface area (Å²) in [6.07, 6.45) is 7.18. The van der Waals surface area contributed by atoms with E-state index in [2.05, 4.69) is 10.00 Å². The molecule has 0 radical (unpaired) electrons. The van der Waals surface area contributed by atoms with E-state index in [1.54, 1.807) is 16.8 Å². The van der Waals surface area contributed by atoms with Gasteiger partial charge in [-0.25, -0.2) is 9.67 Å². The smallest absolute Gasteiger partial charge is 0.266 e. The van der Waals surface area contributed by atoms with Crippen molar-refractivity contribution in [3.63, 3.8) is 0 Å². The van der Waals surface area contributed by atoms with Gasteiger partial charge in [-0.3, -0.25) is 4.79 Å². The van der Waals surface area contributed by atoms with E-state index in [-0.39, 0.29) is 5.56 Å². The highest BCUT2D eigenvalue weighted by Crippen LogP contribution is 2.33. The van der Waals surface area contributed by atoms with Gasteiger partial charge in [-0.05, 0) is 57.4 Å². The van der Waals surface area contributed by atoms with E-state index in [0.717, 1.165) is 44.6 Å². The van der Waals surface area contributed by atoms with E-state index >= 15 is 0 Å². The minimum absolute atomic E-state index is 0.00984. The van der Waals surface area contributed by atoms with Gasteiger partial charge in [0.25, 0.3) is 5.56 Å². The number of aromatic nitrogens is 3. The Kier molecular flexibility index (Phi) is 4.39. The van der Waals surface area contributed by atoms with Crippen molar-refractivity contribution in [3.05, 3.63) is 38.8 Å². The van der Waals surface area contributed by atoms with Crippen LogP contribution in [0.2, 0.25) is 0 Å². The van der Waals surface area contributed by atoms with E-state index in [0.29, 0.717) is 5.92 Å². The van der Waals surface area contributed by atoms with Crippen LogP contribution in [-0.2, 0) is 19.4 Å². The van der Waals surface area contributed by atoms with E-state index in [9.17, 15) is 4.79 Å². The second-order valence-electron chi connectivity index (χ2n) is 7.00. The molecule has 1 fully saturated rings. The molecule has 2 aliphatic rings. The molecule has 1 aliphatic carbocycles. The molecule has 0 amide bonds. The average molecular weight is 344 g/mol. The molecule has 0 bridgehead atoms. The van der Waals surface area contributed by atoms with Gasteiger partial charge in [0.15, 0.2) is 5.13 Å². The Morgan fingerprint density at radius 3 is 2.79 bits per heavy atom. The maximum Gasteiger partial charge on any atom is 0.266 e. The fourth-order valence-electron chi connectivity index (χ4n) is 3.71. The van der Waals surface area contributed by atoms with Gasteiger partial charge in [-0.1, -0.05) is 0 Å². The lowest BCUT2D eigenvalue weighted by atomic mass is 9.97. The van der Waals surface area contributed by atoms with Crippen LogP contribution in [0.4, 0.5) is 5.13 Å². The van der Waals surface area contributed by atoms with Crippen LogP contribution >= 0.6 is 11.3 Å². The quantitative estimate of drug-likeness (QED) is 0.859. The van der Waals surface area contributed by atoms with E-state index < -0.39 is 0 Å². The zero-order valence-electron chi connectivity index (χ0n) is 14.2. The summed E-state index contributed by atoms with van der Waals surface area (Å²) in [6.45, 7) is 4.75. The van der Waals surface area contributed by atoms with Crippen molar-refractivity contribution in [2.75, 3.05) is 18.0 Å². The van der Waals surface area contributed by atoms with Crippen LogP contribution in [0.15, 0.2) is 16.9 Å². The topological polar surface area (TPSA) is 51.0 Å². The fourth-order valence-corrected chi connectivity index (χ4v) is 4.91. The maximum absolute atomic E-state index is 11.9. The van der Waals surface area contributed by atoms with Crippen LogP contribution < -0.4 is 10.5 Å². The minimum atomic E-state index is 0.00984. The molecule has 0 aromatic carbocycles. The third-order valence-corrected chi connectivity index (χ3v) is 6.37. The van der Waals surface area contributed by atoms with Crippen molar-refractivity contribution < 1.29 is 0 Å². The van der Waals surface area contributed by atoms with Gasteiger partial charge >= 0.3 is 0 Å². The Balaban J connectivity index is 1.39. The highest BCUT2D eigenvalue weighted by molar-refractivity contribution is 7.15. The molecule has 6 heteroatoms. The summed E-state index contributed by atoms with van der Waals surface area (Å²) >= 11 is 1.90. The van der Waals surface area contributed by atoms with E-state index in [1.165, 1.54) is 35.0 Å². The van der Waals surface area contributed by atoms with Gasteiger partial charge in [0.2, 0.25) is 0 Å². The molecule has 4 rings (SSSR count). The largest absolute Gasteiger partial charge is 0.348 e. The van der Waals surface area contributed by atoms with Crippen molar-refractivity contribution in [2.24, 2.45) is 5.92 Å². The van der Waals surface area contributed by atoms with Crippen molar-refractivity contribution in [3.8, 4) is 0 Å². The Morgan fingerprint density at radius 2 is 2.00 bits per heavy atom. The van der Waals surface area contributed by atoms with Gasteiger partial charge in [0, 0.05) is 30.6 Å². The van der Waals surface area contributed by atoms with Crippen LogP contribution in [0.25, 0.3) is 0 Å². The summed E-state index contributed by atoms with van der Waals surface area (Å²) in [5.74, 6) is 0.530. The van der Waals surface area contributed by atoms with Crippen LogP contribution in [0, 0.1) is 12.8 Å². The Labute approximate surface area is 146 Å². The maximum atomic E-state index is 11.9. The molecule has 5 nitrogen and oxygen atoms in total. The molecular weight excluding hydrogens is 320 g/mol. The summed E-state index contributed by atoms with van der Waals surface area (Å²) in [7, 11) is 0. The third kappa shape index (κ3) is 3.24. The first kappa shape index (κ1) is 15.8. The molecule has 128 valence electrons. The molecular formula is C18H24N4OS. The third-order valence-electron chi connectivity index (χ3n) is 5.15. The Hall–Kier alpha value is -1.69. The average Bonchev–Trinajstić information content (AvgIpc) is 3.03. The van der Waals surface area contributed by atoms with Gasteiger partial charge in [0.1, 0.15) is 0 Å². The predicted octanol–water partition coefficient (Wildman–Crippen LogP) is 2.80. The molecule has 0 atom stereocenters. The fraction of sp³-hybridized carbons (Fsp3) is 0.611. The van der Waals surface area contributed by atoms with Crippen LogP contribution in [0.3, 0.4) is 0 Å². The number of nitrogens with zero attached hydrogens (tertiary/aromatic N) is 4. The molecule has 24 heavy (non-hydrogen) atoms. The normalized spacial score (nSPS) is 18.6. The van der Waals surface area contributed by atoms with Crippen molar-refractivity contribution in [1.29, 1.82) is 0 Å². The molecule has 2 aromatic heterocycles. The molecule has 1 aliphatic heterocycles. The molecule has 0 N–H and O–H groups in total. The first-order valence-corrected chi connectivity index (χ1v) is 9.79. The van der Waals surface area contributed by atoms with Gasteiger partial charge in [-0.2, -0.15) is 5.10 Å². The first-order chi connectivity index (χ1) is 11.7. The molecule has 0 unspecified atom stereocenters. The molecule has 1 saturated heterocycles. The number of piperidine rings is 1. The number of rotatable bonds is 3. The second kappa shape index (κ2) is 6.67. The SMILES string of the molecule is Cc1ccc(=O)n(CC2CCN(c3nc4c(s3)CCCC4)CC2)n1. The second-order valence-corrected chi connectivity index (χ2v) is 8.06. The van der Waals surface area contributed by atoms with Crippen LogP contribution in [0.5, 0.6) is 0 Å². The number of aryl methyl sites for hydroxylation is 3. The molecule has 0 spiro atoms. The Morgan fingerprint density at radius 1 is 1.21 bits per heavy atom. The van der Waals surface area contributed by atoms with E-state index in [4.69, 9.17) is 4.98 Å². The lowest BCUT2D eigenvalue weighted by molar-refractivity contribution is 0.334. The minimum Gasteiger partial charge on any atom is -0.348 e. The highest BCUT2D eigenvalue weighted by Gasteiger charge is 2.24. The number of fused-ring (bicyclic) bond motifs is 1. The summed E-state index contributed by atoms with van der Waals surface area (Å²) in [5, 5.41) is 5.58. The zero-order valence-corrected chi connectivity index (χ0v) is 15.0. The lowest BCUT2D eigenvalue weighted by Crippen LogP contribution is -2.36. The molecule has 0 saturated carbocycles. The van der Waals surface area contributed by atoms with Crippen molar-refractivity contribution >= 4 is 16.5 Å². The summed E-state index contributed by atoms with van der Waals surface area (Å²) in [4.78, 5) is 20.8. The predicted molar refractivity (Wildman–Crippen MR) is 96.9 cm³/mol. The molecule has 2 aromatic rings. The van der Waals surface area contributed by atoms with Crippen molar-refractivity contribution in [1.82, 2.24) is 14.8 Å². The standard InChI is InChI=1S/C18H24N4OS/c1-13-6-7-17(23)22(20-13)12-14-8-10-21(11-9-14)18-19-15-4-2-3-5-16(15)24-18/h6-7,14H,2-5,8-12H2,1H3. The van der Waals surface area contributed by atoms with Crippen LogP contribution in [0.1, 0.15) is 41.9 Å². The van der Waals surface area contributed by atoms with E-state index in [1.807, 2.05) is 18.3 Å². The Bertz CT molecular complexity index is 750. The summed E-state index contributed by atoms with van der Waals surface area (Å²) in [6, 6.07) is 3.41. The van der Waals surface area contributed by atoms with Crippen LogP contribution in [-0.4, -0.2) is 27.9 Å². The zero-order chi connectivity index (χ0) is 16.5. The highest BCUT2D eigenvalue weighted by atomic mass is 32.1. The van der Waals surface area contributed by atoms with Gasteiger partial charge in [-0.15, -0.1) is 11.3 Å². The number of anilines is 1. The summed E-state index contributed by atoms with van der Waals surface area (Å²) < 4.78 is 1.64. The molecule has 3 heterocycles. The lowest BCUT2D eigenvalue weighted by Gasteiger charge is -2.31. The monoisotopic (exact) mass is 344 g/mol. The number of hydrogen-bond acceptors (Lipinski definition) is 5. The van der Waals surface area contributed by atoms with Gasteiger partial charge in [0.05, 0.1) is 11.4 Å². The van der Waals surface area contributed by atoms with Gasteiger partial charge < -0.3 is 4.90 Å². The number of thiazole rings is 1.